The van der Waals surface area contributed by atoms with Gasteiger partial charge in [0.05, 0.1) is 14.8 Å². The van der Waals surface area contributed by atoms with Gasteiger partial charge in [0, 0.05) is 35.8 Å². The van der Waals surface area contributed by atoms with Crippen molar-refractivity contribution in [3.63, 3.8) is 0 Å². The number of carbonyl (C=O) groups excluding carboxylic acids is 1. The number of nitrogens with zero attached hydrogens (tertiary/aromatic N) is 1. The Kier molecular flexibility index (Phi) is 7.99. The monoisotopic (exact) mass is 496 g/mol. The number of rotatable bonds is 8. The van der Waals surface area contributed by atoms with Gasteiger partial charge in [-0.25, -0.2) is 22.9 Å². The number of thiazole rings is 1. The van der Waals surface area contributed by atoms with Crippen molar-refractivity contribution < 1.29 is 22.7 Å². The van der Waals surface area contributed by atoms with Crippen LogP contribution in [0.4, 0.5) is 4.79 Å². The smallest absolute Gasteiger partial charge is 0.404 e. The molecule has 1 saturated carbocycles. The third-order valence-corrected chi connectivity index (χ3v) is 8.16. The number of carbonyl (C=O) groups is 1. The number of aromatic nitrogens is 1. The number of ether oxygens (including phenoxy) is 2. The van der Waals surface area contributed by atoms with Crippen LogP contribution in [0.2, 0.25) is 0 Å². The first-order chi connectivity index (χ1) is 15.5. The lowest BCUT2D eigenvalue weighted by Crippen LogP contribution is -2.40. The molecule has 1 aromatic heterocycles. The molecule has 1 fully saturated rings. The zero-order chi connectivity index (χ0) is 24.2. The van der Waals surface area contributed by atoms with Crippen LogP contribution in [0.5, 0.6) is 5.75 Å². The standard InChI is InChI=1S/C22H32N4O5S2/c1-22(2,3)26-33(28,29)19-12-16(30-11-10-23)8-9-17(19)18-13-25-20(32-18)14-4-6-15(7-5-14)31-21(24)27/h8-9,12-15,26H,4-7,10-11,23H2,1-3H3,(H2,24,27). The Morgan fingerprint density at radius 2 is 1.94 bits per heavy atom. The fourth-order valence-corrected chi connectivity index (χ4v) is 6.69. The number of nitrogens with two attached hydrogens (primary N) is 2. The number of nitrogens with one attached hydrogen (secondary N) is 1. The third kappa shape index (κ3) is 6.89. The maximum atomic E-state index is 13.2. The Labute approximate surface area is 198 Å². The number of benzene rings is 1. The molecule has 1 aromatic carbocycles. The van der Waals surface area contributed by atoms with Gasteiger partial charge in [-0.05, 0) is 58.6 Å². The number of hydrogen-bond acceptors (Lipinski definition) is 8. The summed E-state index contributed by atoms with van der Waals surface area (Å²) < 4.78 is 39.9. The zero-order valence-electron chi connectivity index (χ0n) is 19.2. The van der Waals surface area contributed by atoms with E-state index in [9.17, 15) is 13.2 Å². The topological polar surface area (TPSA) is 147 Å². The van der Waals surface area contributed by atoms with E-state index in [0.29, 0.717) is 24.5 Å². The molecule has 0 atom stereocenters. The molecule has 11 heteroatoms. The van der Waals surface area contributed by atoms with Crippen molar-refractivity contribution in [2.75, 3.05) is 13.2 Å². The molecule has 0 saturated heterocycles. The predicted molar refractivity (Wildman–Crippen MR) is 128 cm³/mol. The molecule has 9 nitrogen and oxygen atoms in total. The van der Waals surface area contributed by atoms with E-state index in [4.69, 9.17) is 20.9 Å². The van der Waals surface area contributed by atoms with Crippen LogP contribution in [0.15, 0.2) is 29.3 Å². The summed E-state index contributed by atoms with van der Waals surface area (Å²) in [6, 6.07) is 5.02. The van der Waals surface area contributed by atoms with E-state index in [1.807, 2.05) is 0 Å². The summed E-state index contributed by atoms with van der Waals surface area (Å²) in [5, 5.41) is 0.943. The molecule has 1 heterocycles. The van der Waals surface area contributed by atoms with Crippen LogP contribution in [0, 0.1) is 0 Å². The van der Waals surface area contributed by atoms with Gasteiger partial charge in [-0.15, -0.1) is 11.3 Å². The first-order valence-electron chi connectivity index (χ1n) is 10.9. The lowest BCUT2D eigenvalue weighted by Gasteiger charge is -2.26. The van der Waals surface area contributed by atoms with Gasteiger partial charge in [0.1, 0.15) is 18.5 Å². The summed E-state index contributed by atoms with van der Waals surface area (Å²) in [5.41, 5.74) is 10.6. The quantitative estimate of drug-likeness (QED) is 0.508. The summed E-state index contributed by atoms with van der Waals surface area (Å²) in [4.78, 5) is 16.5. The van der Waals surface area contributed by atoms with Gasteiger partial charge in [0.2, 0.25) is 10.0 Å². The van der Waals surface area contributed by atoms with E-state index in [1.54, 1.807) is 39.1 Å². The van der Waals surface area contributed by atoms with Gasteiger partial charge >= 0.3 is 6.09 Å². The highest BCUT2D eigenvalue weighted by molar-refractivity contribution is 7.89. The Hall–Kier alpha value is -2.21. The molecular weight excluding hydrogens is 464 g/mol. The summed E-state index contributed by atoms with van der Waals surface area (Å²) in [6.45, 7) is 6.00. The highest BCUT2D eigenvalue weighted by Gasteiger charge is 2.29. The molecular formula is C22H32N4O5S2. The minimum atomic E-state index is -3.82. The van der Waals surface area contributed by atoms with Crippen LogP contribution in [-0.4, -0.2) is 44.3 Å². The average Bonchev–Trinajstić information content (AvgIpc) is 3.20. The Bertz CT molecular complexity index is 1070. The van der Waals surface area contributed by atoms with Gasteiger partial charge in [0.25, 0.3) is 0 Å². The Morgan fingerprint density at radius 3 is 2.55 bits per heavy atom. The summed E-state index contributed by atoms with van der Waals surface area (Å²) in [6.07, 6.45) is 3.93. The van der Waals surface area contributed by atoms with Crippen LogP contribution in [0.3, 0.4) is 0 Å². The highest BCUT2D eigenvalue weighted by atomic mass is 32.2. The molecule has 1 aliphatic rings. The molecule has 1 aliphatic carbocycles. The summed E-state index contributed by atoms with van der Waals surface area (Å²) in [7, 11) is -3.82. The molecule has 182 valence electrons. The summed E-state index contributed by atoms with van der Waals surface area (Å²) >= 11 is 1.48. The Balaban J connectivity index is 1.88. The molecule has 0 spiro atoms. The van der Waals surface area contributed by atoms with E-state index in [0.717, 1.165) is 35.6 Å². The molecule has 1 amide bonds. The van der Waals surface area contributed by atoms with Crippen molar-refractivity contribution in [3.8, 4) is 16.2 Å². The maximum absolute atomic E-state index is 13.2. The number of hydrogen-bond donors (Lipinski definition) is 3. The molecule has 0 bridgehead atoms. The number of primary amides is 1. The molecule has 0 radical (unpaired) electrons. The van der Waals surface area contributed by atoms with E-state index in [1.165, 1.54) is 17.4 Å². The zero-order valence-corrected chi connectivity index (χ0v) is 20.8. The molecule has 33 heavy (non-hydrogen) atoms. The van der Waals surface area contributed by atoms with Gasteiger partial charge in [0.15, 0.2) is 0 Å². The maximum Gasteiger partial charge on any atom is 0.404 e. The van der Waals surface area contributed by atoms with E-state index in [-0.39, 0.29) is 16.9 Å². The first-order valence-corrected chi connectivity index (χ1v) is 13.2. The van der Waals surface area contributed by atoms with Gasteiger partial charge < -0.3 is 20.9 Å². The SMILES string of the molecule is CC(C)(C)NS(=O)(=O)c1cc(OCCN)ccc1-c1cnc(C2CCC(OC(N)=O)CC2)s1. The van der Waals surface area contributed by atoms with Crippen LogP contribution in [0.1, 0.15) is 57.4 Å². The average molecular weight is 497 g/mol. The second kappa shape index (κ2) is 10.4. The molecule has 0 unspecified atom stereocenters. The van der Waals surface area contributed by atoms with Crippen LogP contribution >= 0.6 is 11.3 Å². The molecule has 3 rings (SSSR count). The lowest BCUT2D eigenvalue weighted by molar-refractivity contribution is 0.0787. The van der Waals surface area contributed by atoms with Gasteiger partial charge in [-0.1, -0.05) is 0 Å². The second-order valence-corrected chi connectivity index (χ2v) is 11.8. The van der Waals surface area contributed by atoms with Crippen molar-refractivity contribution in [2.45, 2.75) is 68.9 Å². The van der Waals surface area contributed by atoms with Crippen molar-refractivity contribution in [3.05, 3.63) is 29.4 Å². The number of amides is 1. The van der Waals surface area contributed by atoms with Crippen LogP contribution in [0.25, 0.3) is 10.4 Å². The van der Waals surface area contributed by atoms with Crippen LogP contribution in [-0.2, 0) is 14.8 Å². The molecule has 2 aromatic rings. The minimum Gasteiger partial charge on any atom is -0.492 e. The van der Waals surface area contributed by atoms with Crippen molar-refractivity contribution in [1.29, 1.82) is 0 Å². The second-order valence-electron chi connectivity index (χ2n) is 9.12. The van der Waals surface area contributed by atoms with Crippen molar-refractivity contribution in [1.82, 2.24) is 9.71 Å². The fourth-order valence-electron chi connectivity index (χ4n) is 3.85. The van der Waals surface area contributed by atoms with E-state index >= 15 is 0 Å². The normalized spacial score (nSPS) is 19.3. The minimum absolute atomic E-state index is 0.140. The fraction of sp³-hybridized carbons (Fsp3) is 0.545. The van der Waals surface area contributed by atoms with Crippen molar-refractivity contribution >= 4 is 27.5 Å². The molecule has 0 aliphatic heterocycles. The van der Waals surface area contributed by atoms with Crippen LogP contribution < -0.4 is 20.9 Å². The third-order valence-electron chi connectivity index (χ3n) is 5.17. The van der Waals surface area contributed by atoms with E-state index in [2.05, 4.69) is 9.71 Å². The molecule has 5 N–H and O–H groups in total. The van der Waals surface area contributed by atoms with Crippen molar-refractivity contribution in [2.24, 2.45) is 11.5 Å². The Morgan fingerprint density at radius 1 is 1.24 bits per heavy atom. The highest BCUT2D eigenvalue weighted by Crippen LogP contribution is 2.40. The predicted octanol–water partition coefficient (Wildman–Crippen LogP) is 3.35. The lowest BCUT2D eigenvalue weighted by atomic mass is 9.88. The largest absolute Gasteiger partial charge is 0.492 e. The van der Waals surface area contributed by atoms with Gasteiger partial charge in [-0.2, -0.15) is 0 Å². The summed E-state index contributed by atoms with van der Waals surface area (Å²) in [5.74, 6) is 0.674. The number of sulfonamides is 1. The first kappa shape index (κ1) is 25.4. The van der Waals surface area contributed by atoms with Gasteiger partial charge in [-0.3, -0.25) is 0 Å². The van der Waals surface area contributed by atoms with E-state index < -0.39 is 21.7 Å².